The van der Waals surface area contributed by atoms with Gasteiger partial charge in [0.25, 0.3) is 10.0 Å². The molecule has 2 rings (SSSR count). The van der Waals surface area contributed by atoms with E-state index in [0.717, 1.165) is 35.3 Å². The lowest BCUT2D eigenvalue weighted by atomic mass is 9.71. The molecular weight excluding hydrogens is 458 g/mol. The van der Waals surface area contributed by atoms with Gasteiger partial charge in [0.05, 0.1) is 6.10 Å². The van der Waals surface area contributed by atoms with Crippen LogP contribution < -0.4 is 9.46 Å². The Morgan fingerprint density at radius 3 is 2.33 bits per heavy atom. The van der Waals surface area contributed by atoms with E-state index in [1.54, 1.807) is 0 Å². The molecule has 0 saturated carbocycles. The smallest absolute Gasteiger partial charge is 0.270 e. The fourth-order valence-corrected chi connectivity index (χ4v) is 7.87. The molecule has 2 unspecified atom stereocenters. The quantitative estimate of drug-likeness (QED) is 0.496. The van der Waals surface area contributed by atoms with Gasteiger partial charge in [-0.15, -0.1) is 11.8 Å². The van der Waals surface area contributed by atoms with Gasteiger partial charge in [-0.2, -0.15) is 0 Å². The Bertz CT molecular complexity index is 1000. The second-order valence-electron chi connectivity index (χ2n) is 10.1. The lowest BCUT2D eigenvalue weighted by Crippen LogP contribution is -2.36. The fourth-order valence-electron chi connectivity index (χ4n) is 4.31. The van der Waals surface area contributed by atoms with Crippen LogP contribution in [0, 0.1) is 12.3 Å². The van der Waals surface area contributed by atoms with Crippen molar-refractivity contribution in [1.29, 1.82) is 0 Å². The zero-order valence-electron chi connectivity index (χ0n) is 21.1. The average Bonchev–Trinajstić information content (AvgIpc) is 3.10. The summed E-state index contributed by atoms with van der Waals surface area (Å²) >= 11 is 1.36. The number of benzene rings is 1. The van der Waals surface area contributed by atoms with Gasteiger partial charge in [-0.3, -0.25) is 4.79 Å². The van der Waals surface area contributed by atoms with Crippen LogP contribution in [0.3, 0.4) is 0 Å². The minimum absolute atomic E-state index is 0.0416. The number of allylic oxidation sites excluding steroid dienone is 1. The van der Waals surface area contributed by atoms with E-state index in [1.807, 2.05) is 40.7 Å². The number of ether oxygens (including phenoxy) is 1. The Kier molecular flexibility index (Phi) is 8.74. The monoisotopic (exact) mass is 497 g/mol. The van der Waals surface area contributed by atoms with Crippen LogP contribution in [-0.4, -0.2) is 37.4 Å². The number of carbonyl (C=O) groups excluding carboxylic acids is 1. The number of aryl methyl sites for hydroxylation is 1. The zero-order chi connectivity index (χ0) is 25.2. The van der Waals surface area contributed by atoms with Crippen molar-refractivity contribution in [3.05, 3.63) is 39.1 Å². The molecule has 2 atom stereocenters. The highest BCUT2D eigenvalue weighted by atomic mass is 32.3. The van der Waals surface area contributed by atoms with Gasteiger partial charge in [-0.05, 0) is 61.3 Å². The number of hydrogen-bond acceptors (Lipinski definition) is 6. The summed E-state index contributed by atoms with van der Waals surface area (Å²) in [6, 6.07) is 6.14. The molecule has 186 valence electrons. The van der Waals surface area contributed by atoms with Gasteiger partial charge >= 0.3 is 0 Å². The van der Waals surface area contributed by atoms with Crippen LogP contribution in [0.4, 0.5) is 0 Å². The van der Waals surface area contributed by atoms with Gasteiger partial charge in [0.1, 0.15) is 16.6 Å². The molecule has 1 aromatic rings. The standard InChI is InChI=1S/C25H39NO5S2/c1-9-25(10-2,22-14-17(4)23(32-22)33(29,30)26-18(5)27)19-11-12-20(16(3)13-19)31-15-21(28)24(6,7)8/h11-13,21-22,28H,9-10,14-15H2,1-8H3,(H,26,27). The third-order valence-corrected chi connectivity index (χ3v) is 10.4. The van der Waals surface area contributed by atoms with Crippen molar-refractivity contribution >= 4 is 27.7 Å². The normalized spacial score (nSPS) is 18.4. The second-order valence-corrected chi connectivity index (χ2v) is 13.2. The van der Waals surface area contributed by atoms with Crippen molar-refractivity contribution in [2.45, 2.75) is 91.4 Å². The predicted molar refractivity (Wildman–Crippen MR) is 136 cm³/mol. The number of amides is 1. The molecular formula is C25H39NO5S2. The highest BCUT2D eigenvalue weighted by Crippen LogP contribution is 2.52. The molecule has 0 radical (unpaired) electrons. The second kappa shape index (κ2) is 10.4. The molecule has 0 spiro atoms. The number of hydrogen-bond donors (Lipinski definition) is 2. The highest BCUT2D eigenvalue weighted by Gasteiger charge is 2.44. The molecule has 0 aliphatic carbocycles. The van der Waals surface area contributed by atoms with Gasteiger partial charge in [0, 0.05) is 17.6 Å². The first-order chi connectivity index (χ1) is 15.2. The third-order valence-electron chi connectivity index (χ3n) is 6.64. The summed E-state index contributed by atoms with van der Waals surface area (Å²) in [6.45, 7) is 15.5. The Morgan fingerprint density at radius 2 is 1.85 bits per heavy atom. The first-order valence-electron chi connectivity index (χ1n) is 11.5. The van der Waals surface area contributed by atoms with Gasteiger partial charge in [0.15, 0.2) is 0 Å². The number of sulfonamides is 1. The molecule has 6 nitrogen and oxygen atoms in total. The minimum Gasteiger partial charge on any atom is -0.491 e. The number of nitrogens with one attached hydrogen (secondary N) is 1. The van der Waals surface area contributed by atoms with Crippen molar-refractivity contribution in [2.75, 3.05) is 6.61 Å². The molecule has 8 heteroatoms. The first-order valence-corrected chi connectivity index (χ1v) is 13.9. The van der Waals surface area contributed by atoms with E-state index in [1.165, 1.54) is 18.7 Å². The Balaban J connectivity index is 2.31. The largest absolute Gasteiger partial charge is 0.491 e. The molecule has 0 aromatic heterocycles. The van der Waals surface area contributed by atoms with Gasteiger partial charge in [0.2, 0.25) is 5.91 Å². The maximum absolute atomic E-state index is 12.7. The van der Waals surface area contributed by atoms with Crippen LogP contribution in [0.2, 0.25) is 0 Å². The van der Waals surface area contributed by atoms with Crippen LogP contribution in [0.15, 0.2) is 28.0 Å². The Hall–Kier alpha value is -1.51. The van der Waals surface area contributed by atoms with Crippen molar-refractivity contribution in [3.8, 4) is 5.75 Å². The molecule has 0 bridgehead atoms. The maximum atomic E-state index is 12.7. The lowest BCUT2D eigenvalue weighted by Gasteiger charge is -2.38. The number of carbonyl (C=O) groups is 1. The van der Waals surface area contributed by atoms with E-state index in [9.17, 15) is 18.3 Å². The highest BCUT2D eigenvalue weighted by molar-refractivity contribution is 8.18. The molecule has 0 fully saturated rings. The van der Waals surface area contributed by atoms with Crippen LogP contribution in [0.25, 0.3) is 0 Å². The van der Waals surface area contributed by atoms with Crippen molar-refractivity contribution in [1.82, 2.24) is 4.72 Å². The number of thioether (sulfide) groups is 1. The van der Waals surface area contributed by atoms with Crippen molar-refractivity contribution < 1.29 is 23.1 Å². The number of aliphatic hydroxyl groups excluding tert-OH is 1. The summed E-state index contributed by atoms with van der Waals surface area (Å²) < 4.78 is 33.7. The summed E-state index contributed by atoms with van der Waals surface area (Å²) in [6.07, 6.45) is 1.78. The van der Waals surface area contributed by atoms with Gasteiger partial charge in [-0.1, -0.05) is 46.8 Å². The van der Waals surface area contributed by atoms with Gasteiger partial charge in [-0.25, -0.2) is 13.1 Å². The molecule has 2 N–H and O–H groups in total. The van der Waals surface area contributed by atoms with Crippen LogP contribution in [0.5, 0.6) is 5.75 Å². The summed E-state index contributed by atoms with van der Waals surface area (Å²) in [4.78, 5) is 11.4. The molecule has 0 saturated heterocycles. The van der Waals surface area contributed by atoms with E-state index >= 15 is 0 Å². The molecule has 1 aliphatic heterocycles. The summed E-state index contributed by atoms with van der Waals surface area (Å²) in [7, 11) is -3.84. The van der Waals surface area contributed by atoms with E-state index in [4.69, 9.17) is 4.74 Å². The van der Waals surface area contributed by atoms with Crippen molar-refractivity contribution in [2.24, 2.45) is 5.41 Å². The molecule has 1 amide bonds. The average molecular weight is 498 g/mol. The van der Waals surface area contributed by atoms with E-state index in [2.05, 4.69) is 30.7 Å². The predicted octanol–water partition coefficient (Wildman–Crippen LogP) is 5.04. The molecule has 33 heavy (non-hydrogen) atoms. The van der Waals surface area contributed by atoms with E-state index in [0.29, 0.717) is 6.42 Å². The van der Waals surface area contributed by atoms with Gasteiger partial charge < -0.3 is 9.84 Å². The lowest BCUT2D eigenvalue weighted by molar-refractivity contribution is -0.117. The third kappa shape index (κ3) is 6.14. The number of aliphatic hydroxyl groups is 1. The fraction of sp³-hybridized carbons (Fsp3) is 0.640. The van der Waals surface area contributed by atoms with E-state index < -0.39 is 22.0 Å². The summed E-state index contributed by atoms with van der Waals surface area (Å²) in [5.41, 5.74) is 2.44. The van der Waals surface area contributed by atoms with Crippen LogP contribution in [-0.2, 0) is 20.2 Å². The SMILES string of the molecule is CCC(CC)(c1ccc(OCC(O)C(C)(C)C)c(C)c1)C1CC(C)=C(S(=O)(=O)NC(C)=O)S1. The van der Waals surface area contributed by atoms with E-state index in [-0.39, 0.29) is 26.9 Å². The zero-order valence-corrected chi connectivity index (χ0v) is 22.7. The summed E-state index contributed by atoms with van der Waals surface area (Å²) in [5, 5.41) is 10.3. The van der Waals surface area contributed by atoms with Crippen molar-refractivity contribution in [3.63, 3.8) is 0 Å². The maximum Gasteiger partial charge on any atom is 0.270 e. The van der Waals surface area contributed by atoms with Crippen LogP contribution in [0.1, 0.15) is 78.9 Å². The molecule has 1 aliphatic rings. The molecule has 1 heterocycles. The topological polar surface area (TPSA) is 92.7 Å². The summed E-state index contributed by atoms with van der Waals surface area (Å²) in [5.74, 6) is 0.157. The van der Waals surface area contributed by atoms with Crippen LogP contribution >= 0.6 is 11.8 Å². The Labute approximate surface area is 203 Å². The number of rotatable bonds is 9. The molecule has 1 aromatic carbocycles. The Morgan fingerprint density at radius 1 is 1.24 bits per heavy atom. The minimum atomic E-state index is -3.84. The first kappa shape index (κ1) is 27.7.